The van der Waals surface area contributed by atoms with E-state index in [1.165, 1.54) is 23.0 Å². The topological polar surface area (TPSA) is 104 Å². The van der Waals surface area contributed by atoms with Gasteiger partial charge in [-0.15, -0.1) is 6.58 Å². The van der Waals surface area contributed by atoms with Gasteiger partial charge in [0, 0.05) is 42.7 Å². The molecule has 10 heteroatoms. The highest BCUT2D eigenvalue weighted by Crippen LogP contribution is 2.34. The van der Waals surface area contributed by atoms with E-state index in [-0.39, 0.29) is 12.1 Å². The van der Waals surface area contributed by atoms with Crippen molar-refractivity contribution >= 4 is 28.4 Å². The lowest BCUT2D eigenvalue weighted by molar-refractivity contribution is 0.0738. The quantitative estimate of drug-likeness (QED) is 0.364. The van der Waals surface area contributed by atoms with Crippen molar-refractivity contribution in [1.29, 1.82) is 0 Å². The lowest BCUT2D eigenvalue weighted by atomic mass is 10.1. The number of hydrogen-bond donors (Lipinski definition) is 2. The SMILES string of the molecule is C=CCn1c(=O)c2cnc(Nc3ccc(N4C[C@@H]5C[C@H]4CN5C)cc3)nc2n1-c1cccc(C(C)(C)O)n1. The van der Waals surface area contributed by atoms with Crippen LogP contribution in [0, 0.1) is 0 Å². The van der Waals surface area contributed by atoms with Crippen LogP contribution in [0.15, 0.2) is 66.1 Å². The third kappa shape index (κ3) is 4.15. The molecule has 2 bridgehead atoms. The van der Waals surface area contributed by atoms with Gasteiger partial charge in [-0.2, -0.15) is 4.98 Å². The Labute approximate surface area is 220 Å². The molecule has 1 aromatic carbocycles. The largest absolute Gasteiger partial charge is 0.384 e. The number of anilines is 3. The van der Waals surface area contributed by atoms with Crippen molar-refractivity contribution in [3.63, 3.8) is 0 Å². The third-order valence-corrected chi connectivity index (χ3v) is 7.53. The average Bonchev–Trinajstić information content (AvgIpc) is 3.55. The molecule has 2 saturated heterocycles. The molecule has 2 aliphatic rings. The Morgan fingerprint density at radius 3 is 2.58 bits per heavy atom. The fourth-order valence-corrected chi connectivity index (χ4v) is 5.54. The Bertz CT molecular complexity index is 1560. The summed E-state index contributed by atoms with van der Waals surface area (Å²) < 4.78 is 3.17. The van der Waals surface area contributed by atoms with E-state index in [1.807, 2.05) is 12.1 Å². The molecule has 2 fully saturated rings. The summed E-state index contributed by atoms with van der Waals surface area (Å²) in [5.41, 5.74) is 1.61. The van der Waals surface area contributed by atoms with Crippen LogP contribution in [0.25, 0.3) is 16.9 Å². The van der Waals surface area contributed by atoms with Crippen LogP contribution in [0.5, 0.6) is 0 Å². The van der Waals surface area contributed by atoms with Gasteiger partial charge in [0.2, 0.25) is 5.95 Å². The zero-order valence-corrected chi connectivity index (χ0v) is 21.9. The molecule has 38 heavy (non-hydrogen) atoms. The molecule has 4 aromatic rings. The van der Waals surface area contributed by atoms with Crippen molar-refractivity contribution in [3.05, 3.63) is 77.4 Å². The fraction of sp³-hybridized carbons (Fsp3) is 0.357. The van der Waals surface area contributed by atoms with Gasteiger partial charge < -0.3 is 15.3 Å². The maximum absolute atomic E-state index is 13.2. The number of allylic oxidation sites excluding steroid dienone is 1. The summed E-state index contributed by atoms with van der Waals surface area (Å²) in [7, 11) is 2.21. The summed E-state index contributed by atoms with van der Waals surface area (Å²) in [6.07, 6.45) is 4.41. The molecule has 6 rings (SSSR count). The second kappa shape index (κ2) is 9.07. The maximum Gasteiger partial charge on any atom is 0.278 e. The molecule has 0 radical (unpaired) electrons. The van der Waals surface area contributed by atoms with Gasteiger partial charge in [0.05, 0.1) is 12.2 Å². The van der Waals surface area contributed by atoms with E-state index < -0.39 is 5.60 Å². The molecule has 0 unspecified atom stereocenters. The highest BCUT2D eigenvalue weighted by atomic mass is 16.3. The van der Waals surface area contributed by atoms with Crippen LogP contribution in [0.3, 0.4) is 0 Å². The second-order valence-electron chi connectivity index (χ2n) is 10.7. The van der Waals surface area contributed by atoms with Crippen molar-refractivity contribution in [2.45, 2.75) is 44.5 Å². The number of likely N-dealkylation sites (tertiary alicyclic amines) is 1. The Hall–Kier alpha value is -4.02. The molecule has 0 spiro atoms. The molecule has 2 aliphatic heterocycles. The first-order valence-corrected chi connectivity index (χ1v) is 12.9. The monoisotopic (exact) mass is 512 g/mol. The molecule has 196 valence electrons. The first kappa shape index (κ1) is 24.3. The zero-order chi connectivity index (χ0) is 26.6. The molecular formula is C28H32N8O2. The zero-order valence-electron chi connectivity index (χ0n) is 21.9. The van der Waals surface area contributed by atoms with E-state index in [0.29, 0.717) is 40.6 Å². The molecule has 0 amide bonds. The molecule has 5 heterocycles. The first-order chi connectivity index (χ1) is 18.2. The van der Waals surface area contributed by atoms with Gasteiger partial charge in [-0.25, -0.2) is 19.3 Å². The summed E-state index contributed by atoms with van der Waals surface area (Å²) >= 11 is 0. The number of piperazine rings is 1. The van der Waals surface area contributed by atoms with E-state index in [4.69, 9.17) is 4.98 Å². The van der Waals surface area contributed by atoms with Crippen LogP contribution in [-0.4, -0.2) is 66.5 Å². The smallest absolute Gasteiger partial charge is 0.278 e. The van der Waals surface area contributed by atoms with Crippen molar-refractivity contribution in [3.8, 4) is 5.82 Å². The number of rotatable bonds is 7. The number of likely N-dealkylation sites (N-methyl/N-ethyl adjacent to an activating group) is 1. The van der Waals surface area contributed by atoms with Crippen LogP contribution in [0.1, 0.15) is 26.0 Å². The number of nitrogens with one attached hydrogen (secondary N) is 1. The standard InChI is InChI=1S/C28H32N8O2/c1-5-13-35-26(37)22-15-29-27(32-25(22)36(35)24-8-6-7-23(31-24)28(2,3)38)30-18-9-11-19(12-10-18)34-17-20-14-21(34)16-33(20)4/h5-12,15,20-21,38H,1,13-14,16-17H2,2-4H3,(H,29,30,32)/t20-,21-/m0/s1. The number of fused-ring (bicyclic) bond motifs is 3. The van der Waals surface area contributed by atoms with E-state index in [2.05, 4.69) is 50.8 Å². The van der Waals surface area contributed by atoms with Crippen molar-refractivity contribution in [2.24, 2.45) is 0 Å². The highest BCUT2D eigenvalue weighted by Gasteiger charge is 2.41. The molecule has 0 saturated carbocycles. The first-order valence-electron chi connectivity index (χ1n) is 12.9. The number of nitrogens with zero attached hydrogens (tertiary/aromatic N) is 7. The second-order valence-corrected chi connectivity index (χ2v) is 10.7. The number of hydrogen-bond acceptors (Lipinski definition) is 8. The van der Waals surface area contributed by atoms with Gasteiger partial charge >= 0.3 is 0 Å². The van der Waals surface area contributed by atoms with Crippen LogP contribution < -0.4 is 15.8 Å². The van der Waals surface area contributed by atoms with Gasteiger partial charge in [0.15, 0.2) is 11.5 Å². The summed E-state index contributed by atoms with van der Waals surface area (Å²) in [4.78, 5) is 31.9. The predicted octanol–water partition coefficient (Wildman–Crippen LogP) is 3.03. The van der Waals surface area contributed by atoms with E-state index in [1.54, 1.807) is 42.8 Å². The molecule has 3 aromatic heterocycles. The Morgan fingerprint density at radius 1 is 1.13 bits per heavy atom. The number of benzene rings is 1. The van der Waals surface area contributed by atoms with Crippen LogP contribution in [-0.2, 0) is 12.1 Å². The van der Waals surface area contributed by atoms with Gasteiger partial charge in [0.25, 0.3) is 5.56 Å². The van der Waals surface area contributed by atoms with Gasteiger partial charge in [-0.1, -0.05) is 12.1 Å². The Balaban J connectivity index is 1.34. The van der Waals surface area contributed by atoms with Crippen LogP contribution >= 0.6 is 0 Å². The summed E-state index contributed by atoms with van der Waals surface area (Å²) in [5, 5.41) is 14.1. The van der Waals surface area contributed by atoms with E-state index in [9.17, 15) is 9.90 Å². The molecule has 0 aliphatic carbocycles. The van der Waals surface area contributed by atoms with Crippen LogP contribution in [0.4, 0.5) is 17.3 Å². The van der Waals surface area contributed by atoms with Gasteiger partial charge in [0.1, 0.15) is 11.0 Å². The average molecular weight is 513 g/mol. The Kier molecular flexibility index (Phi) is 5.81. The van der Waals surface area contributed by atoms with Gasteiger partial charge in [-0.05, 0) is 63.7 Å². The minimum absolute atomic E-state index is 0.239. The summed E-state index contributed by atoms with van der Waals surface area (Å²) in [6, 6.07) is 14.9. The highest BCUT2D eigenvalue weighted by molar-refractivity contribution is 5.77. The van der Waals surface area contributed by atoms with Crippen molar-refractivity contribution in [1.82, 2.24) is 29.2 Å². The van der Waals surface area contributed by atoms with E-state index in [0.717, 1.165) is 18.8 Å². The predicted molar refractivity (Wildman–Crippen MR) is 148 cm³/mol. The molecule has 2 atom stereocenters. The summed E-state index contributed by atoms with van der Waals surface area (Å²) in [5.74, 6) is 0.841. The van der Waals surface area contributed by atoms with Crippen molar-refractivity contribution < 1.29 is 5.11 Å². The summed E-state index contributed by atoms with van der Waals surface area (Å²) in [6.45, 7) is 9.58. The minimum atomic E-state index is -1.14. The molecular weight excluding hydrogens is 480 g/mol. The third-order valence-electron chi connectivity index (χ3n) is 7.53. The number of aliphatic hydroxyl groups is 1. The maximum atomic E-state index is 13.2. The lowest BCUT2D eigenvalue weighted by Crippen LogP contribution is -2.44. The number of aromatic nitrogens is 5. The Morgan fingerprint density at radius 2 is 1.92 bits per heavy atom. The van der Waals surface area contributed by atoms with Crippen LogP contribution in [0.2, 0.25) is 0 Å². The lowest BCUT2D eigenvalue weighted by Gasteiger charge is -2.33. The number of pyridine rings is 1. The van der Waals surface area contributed by atoms with E-state index >= 15 is 0 Å². The van der Waals surface area contributed by atoms with Crippen molar-refractivity contribution in [2.75, 3.05) is 30.4 Å². The molecule has 2 N–H and O–H groups in total. The fourth-order valence-electron chi connectivity index (χ4n) is 5.54. The minimum Gasteiger partial charge on any atom is -0.384 e. The normalized spacial score (nSPS) is 19.4. The molecule has 10 nitrogen and oxygen atoms in total. The van der Waals surface area contributed by atoms with Gasteiger partial charge in [-0.3, -0.25) is 9.69 Å².